The molecule has 3 rings (SSSR count). The van der Waals surface area contributed by atoms with Crippen LogP contribution >= 0.6 is 0 Å². The number of furan rings is 1. The predicted octanol–water partition coefficient (Wildman–Crippen LogP) is 4.00. The van der Waals surface area contributed by atoms with E-state index < -0.39 is 28.3 Å². The van der Waals surface area contributed by atoms with Crippen molar-refractivity contribution in [3.8, 4) is 0 Å². The van der Waals surface area contributed by atoms with Crippen LogP contribution in [0.2, 0.25) is 0 Å². The zero-order valence-electron chi connectivity index (χ0n) is 18.5. The lowest BCUT2D eigenvalue weighted by Crippen LogP contribution is -2.43. The Kier molecular flexibility index (Phi) is 7.00. The van der Waals surface area contributed by atoms with Crippen molar-refractivity contribution in [1.29, 1.82) is 0 Å². The van der Waals surface area contributed by atoms with Gasteiger partial charge in [0.2, 0.25) is 0 Å². The molecule has 11 nitrogen and oxygen atoms in total. The summed E-state index contributed by atoms with van der Waals surface area (Å²) in [4.78, 5) is 48.2. The maximum atomic E-state index is 12.4. The minimum absolute atomic E-state index is 0.206. The van der Waals surface area contributed by atoms with E-state index in [4.69, 9.17) is 13.9 Å². The van der Waals surface area contributed by atoms with Crippen LogP contribution in [0.1, 0.15) is 54.5 Å². The lowest BCUT2D eigenvalue weighted by atomic mass is 10.1. The Morgan fingerprint density at radius 2 is 1.73 bits per heavy atom. The molecule has 0 aliphatic carbocycles. The molecule has 2 heterocycles. The molecule has 1 fully saturated rings. The summed E-state index contributed by atoms with van der Waals surface area (Å²) in [5, 5.41) is 13.2. The number of nitro groups is 1. The van der Waals surface area contributed by atoms with Crippen LogP contribution in [0.5, 0.6) is 0 Å². The van der Waals surface area contributed by atoms with Gasteiger partial charge in [-0.05, 0) is 51.1 Å². The first-order chi connectivity index (χ1) is 15.5. The minimum atomic E-state index is -0.738. The zero-order chi connectivity index (χ0) is 24.2. The number of piperidine rings is 1. The fourth-order valence-electron chi connectivity index (χ4n) is 3.13. The monoisotopic (exact) mass is 459 g/mol. The first kappa shape index (κ1) is 23.8. The number of hydrogen-bond acceptors (Lipinski definition) is 8. The molecule has 1 N–H and O–H groups in total. The highest BCUT2D eigenvalue weighted by atomic mass is 16.6. The molecule has 0 radical (unpaired) electrons. The van der Waals surface area contributed by atoms with Crippen molar-refractivity contribution in [1.82, 2.24) is 4.90 Å². The molecule has 2 amide bonds. The maximum absolute atomic E-state index is 12.4. The minimum Gasteiger partial charge on any atom is -0.459 e. The zero-order valence-corrected chi connectivity index (χ0v) is 18.5. The predicted molar refractivity (Wildman–Crippen MR) is 116 cm³/mol. The number of likely N-dealkylation sites (tertiary alicyclic amines) is 1. The van der Waals surface area contributed by atoms with Gasteiger partial charge in [-0.25, -0.2) is 9.59 Å². The first-order valence-corrected chi connectivity index (χ1v) is 10.4. The van der Waals surface area contributed by atoms with Crippen molar-refractivity contribution < 1.29 is 33.2 Å². The average Bonchev–Trinajstić information content (AvgIpc) is 3.24. The Balaban J connectivity index is 1.49. The highest BCUT2D eigenvalue weighted by Crippen LogP contribution is 2.20. The highest BCUT2D eigenvalue weighted by molar-refractivity contribution is 6.02. The smallest absolute Gasteiger partial charge is 0.433 e. The molecule has 1 aromatic carbocycles. The molecule has 0 spiro atoms. The Labute approximate surface area is 189 Å². The number of nitrogens with one attached hydrogen (secondary N) is 1. The van der Waals surface area contributed by atoms with E-state index in [1.54, 1.807) is 25.7 Å². The van der Waals surface area contributed by atoms with Crippen molar-refractivity contribution in [2.75, 3.05) is 18.4 Å². The summed E-state index contributed by atoms with van der Waals surface area (Å²) in [5.41, 5.74) is 0.111. The number of ether oxygens (including phenoxy) is 2. The molecule has 33 heavy (non-hydrogen) atoms. The number of carbonyl (C=O) groups is 3. The van der Waals surface area contributed by atoms with Gasteiger partial charge in [-0.2, -0.15) is 0 Å². The summed E-state index contributed by atoms with van der Waals surface area (Å²) in [7, 11) is 0. The normalized spacial score (nSPS) is 14.5. The van der Waals surface area contributed by atoms with E-state index in [1.165, 1.54) is 30.3 Å². The molecule has 2 aromatic rings. The fraction of sp³-hybridized carbons (Fsp3) is 0.409. The third-order valence-electron chi connectivity index (χ3n) is 4.74. The van der Waals surface area contributed by atoms with Gasteiger partial charge in [0.1, 0.15) is 16.6 Å². The van der Waals surface area contributed by atoms with Crippen LogP contribution in [0.4, 0.5) is 16.4 Å². The molecular formula is C22H25N3O8. The molecular weight excluding hydrogens is 434 g/mol. The number of carbonyl (C=O) groups excluding carboxylic acids is 3. The van der Waals surface area contributed by atoms with Crippen LogP contribution in [0.15, 0.2) is 40.8 Å². The molecule has 11 heteroatoms. The summed E-state index contributed by atoms with van der Waals surface area (Å²) in [5.74, 6) is -1.90. The standard InChI is InChI=1S/C22H25N3O8/c1-22(2,3)33-21(28)24-12-10-16(11-13-24)31-20(27)14-4-6-15(7-5-14)23-19(26)17-8-9-18(32-17)25(29)30/h4-9,16H,10-13H2,1-3H3,(H,23,26). The number of amides is 2. The van der Waals surface area contributed by atoms with E-state index >= 15 is 0 Å². The van der Waals surface area contributed by atoms with E-state index in [-0.39, 0.29) is 18.0 Å². The molecule has 0 atom stereocenters. The fourth-order valence-corrected chi connectivity index (χ4v) is 3.13. The Morgan fingerprint density at radius 3 is 2.27 bits per heavy atom. The summed E-state index contributed by atoms with van der Waals surface area (Å²) in [6, 6.07) is 8.31. The summed E-state index contributed by atoms with van der Waals surface area (Å²) >= 11 is 0. The second-order valence-corrected chi connectivity index (χ2v) is 8.50. The Hall–Kier alpha value is -3.89. The number of anilines is 1. The van der Waals surface area contributed by atoms with Crippen LogP contribution < -0.4 is 5.32 Å². The van der Waals surface area contributed by atoms with Crippen molar-refractivity contribution in [2.24, 2.45) is 0 Å². The highest BCUT2D eigenvalue weighted by Gasteiger charge is 2.28. The van der Waals surface area contributed by atoms with E-state index in [9.17, 15) is 24.5 Å². The van der Waals surface area contributed by atoms with E-state index in [1.807, 2.05) is 0 Å². The van der Waals surface area contributed by atoms with Crippen molar-refractivity contribution in [3.05, 3.63) is 57.8 Å². The molecule has 176 valence electrons. The van der Waals surface area contributed by atoms with Gasteiger partial charge in [0, 0.05) is 31.6 Å². The number of hydrogen-bond donors (Lipinski definition) is 1. The molecule has 1 aromatic heterocycles. The van der Waals surface area contributed by atoms with Crippen molar-refractivity contribution in [2.45, 2.75) is 45.3 Å². The van der Waals surface area contributed by atoms with Crippen LogP contribution in [0.3, 0.4) is 0 Å². The molecule has 1 saturated heterocycles. The molecule has 0 saturated carbocycles. The van der Waals surface area contributed by atoms with Crippen molar-refractivity contribution in [3.63, 3.8) is 0 Å². The third kappa shape index (κ3) is 6.55. The summed E-state index contributed by atoms with van der Waals surface area (Å²) < 4.78 is 15.7. The van der Waals surface area contributed by atoms with Crippen molar-refractivity contribution >= 4 is 29.5 Å². The Morgan fingerprint density at radius 1 is 1.09 bits per heavy atom. The number of rotatable bonds is 5. The van der Waals surface area contributed by atoms with Gasteiger partial charge in [0.05, 0.1) is 11.6 Å². The van der Waals surface area contributed by atoms with Crippen LogP contribution in [-0.2, 0) is 9.47 Å². The quantitative estimate of drug-likeness (QED) is 0.402. The maximum Gasteiger partial charge on any atom is 0.433 e. The molecule has 0 bridgehead atoms. The molecule has 0 unspecified atom stereocenters. The lowest BCUT2D eigenvalue weighted by Gasteiger charge is -2.33. The SMILES string of the molecule is CC(C)(C)OC(=O)N1CCC(OC(=O)c2ccc(NC(=O)c3ccc([N+](=O)[O-])o3)cc2)CC1. The van der Waals surface area contributed by atoms with E-state index in [2.05, 4.69) is 5.32 Å². The van der Waals surface area contributed by atoms with Gasteiger partial charge in [-0.15, -0.1) is 0 Å². The second kappa shape index (κ2) is 9.72. The van der Waals surface area contributed by atoms with Gasteiger partial charge < -0.3 is 24.1 Å². The number of nitrogens with zero attached hydrogens (tertiary/aromatic N) is 2. The van der Waals surface area contributed by atoms with Gasteiger partial charge in [-0.3, -0.25) is 14.9 Å². The summed E-state index contributed by atoms with van der Waals surface area (Å²) in [6.07, 6.45) is 0.322. The van der Waals surface area contributed by atoms with Gasteiger partial charge >= 0.3 is 17.9 Å². The van der Waals surface area contributed by atoms with E-state index in [0.717, 1.165) is 6.07 Å². The second-order valence-electron chi connectivity index (χ2n) is 8.50. The lowest BCUT2D eigenvalue weighted by molar-refractivity contribution is -0.402. The van der Waals surface area contributed by atoms with Gasteiger partial charge in [0.15, 0.2) is 5.76 Å². The van der Waals surface area contributed by atoms with E-state index in [0.29, 0.717) is 37.2 Å². The molecule has 1 aliphatic heterocycles. The molecule has 1 aliphatic rings. The van der Waals surface area contributed by atoms with Crippen LogP contribution in [0, 0.1) is 10.1 Å². The Bertz CT molecular complexity index is 1030. The largest absolute Gasteiger partial charge is 0.459 e. The number of benzene rings is 1. The third-order valence-corrected chi connectivity index (χ3v) is 4.74. The first-order valence-electron chi connectivity index (χ1n) is 10.4. The van der Waals surface area contributed by atoms with Crippen LogP contribution in [0.25, 0.3) is 0 Å². The topological polar surface area (TPSA) is 141 Å². The average molecular weight is 459 g/mol. The number of esters is 1. The van der Waals surface area contributed by atoms with Gasteiger partial charge in [-0.1, -0.05) is 0 Å². The van der Waals surface area contributed by atoms with Gasteiger partial charge in [0.25, 0.3) is 5.91 Å². The summed E-state index contributed by atoms with van der Waals surface area (Å²) in [6.45, 7) is 6.28. The van der Waals surface area contributed by atoms with Crippen LogP contribution in [-0.4, -0.2) is 52.6 Å².